The number of pyridine rings is 1. The number of benzene rings is 1. The van der Waals surface area contributed by atoms with E-state index in [-0.39, 0.29) is 23.1 Å². The van der Waals surface area contributed by atoms with E-state index in [4.69, 9.17) is 4.74 Å². The van der Waals surface area contributed by atoms with Gasteiger partial charge >= 0.3 is 0 Å². The minimum Gasteiger partial charge on any atom is -0.457 e. The van der Waals surface area contributed by atoms with E-state index in [1.54, 1.807) is 30.5 Å². The molecule has 5 heteroatoms. The lowest BCUT2D eigenvalue weighted by Gasteiger charge is -2.20. The van der Waals surface area contributed by atoms with Gasteiger partial charge in [-0.2, -0.15) is 0 Å². The van der Waals surface area contributed by atoms with Crippen LogP contribution in [-0.4, -0.2) is 10.9 Å². The van der Waals surface area contributed by atoms with E-state index >= 15 is 0 Å². The Labute approximate surface area is 153 Å². The van der Waals surface area contributed by atoms with Gasteiger partial charge in [-0.3, -0.25) is 4.79 Å². The Hall–Kier alpha value is -2.43. The van der Waals surface area contributed by atoms with E-state index in [0.29, 0.717) is 22.9 Å². The molecule has 0 radical (unpaired) electrons. The molecule has 1 fully saturated rings. The first-order chi connectivity index (χ1) is 12.3. The third kappa shape index (κ3) is 4.40. The fourth-order valence-electron chi connectivity index (χ4n) is 3.26. The van der Waals surface area contributed by atoms with Crippen molar-refractivity contribution in [2.24, 2.45) is 5.92 Å². The molecule has 26 heavy (non-hydrogen) atoms. The molecule has 1 aromatic heterocycles. The van der Waals surface area contributed by atoms with Crippen molar-refractivity contribution in [2.45, 2.75) is 51.9 Å². The second-order valence-corrected chi connectivity index (χ2v) is 7.84. The largest absolute Gasteiger partial charge is 0.457 e. The van der Waals surface area contributed by atoms with Crippen molar-refractivity contribution in [3.05, 3.63) is 47.9 Å². The van der Waals surface area contributed by atoms with Crippen LogP contribution in [0, 0.1) is 11.7 Å². The van der Waals surface area contributed by atoms with Crippen LogP contribution in [0.3, 0.4) is 0 Å². The molecule has 0 bridgehead atoms. The first-order valence-electron chi connectivity index (χ1n) is 9.08. The molecule has 4 nitrogen and oxygen atoms in total. The van der Waals surface area contributed by atoms with Crippen molar-refractivity contribution in [3.63, 3.8) is 0 Å². The van der Waals surface area contributed by atoms with Gasteiger partial charge in [0.1, 0.15) is 23.1 Å². The summed E-state index contributed by atoms with van der Waals surface area (Å²) in [6, 6.07) is 8.22. The van der Waals surface area contributed by atoms with Gasteiger partial charge in [-0.05, 0) is 36.0 Å². The maximum atomic E-state index is 14.3. The third-order valence-corrected chi connectivity index (χ3v) is 4.69. The number of halogens is 1. The lowest BCUT2D eigenvalue weighted by atomic mass is 9.87. The van der Waals surface area contributed by atoms with Crippen LogP contribution in [0.5, 0.6) is 11.5 Å². The summed E-state index contributed by atoms with van der Waals surface area (Å²) in [6.07, 6.45) is 5.64. The molecule has 2 aromatic rings. The predicted octanol–water partition coefficient (Wildman–Crippen LogP) is 5.44. The summed E-state index contributed by atoms with van der Waals surface area (Å²) in [4.78, 5) is 16.4. The maximum absolute atomic E-state index is 14.3. The molecule has 0 unspecified atom stereocenters. The van der Waals surface area contributed by atoms with E-state index in [9.17, 15) is 9.18 Å². The van der Waals surface area contributed by atoms with Gasteiger partial charge in [0.25, 0.3) is 0 Å². The summed E-state index contributed by atoms with van der Waals surface area (Å²) in [5.41, 5.74) is 0.376. The maximum Gasteiger partial charge on any atom is 0.228 e. The molecule has 0 spiro atoms. The highest BCUT2D eigenvalue weighted by molar-refractivity contribution is 5.91. The highest BCUT2D eigenvalue weighted by Crippen LogP contribution is 2.30. The Bertz CT molecular complexity index is 793. The summed E-state index contributed by atoms with van der Waals surface area (Å²) in [5, 5.41) is 2.85. The van der Waals surface area contributed by atoms with Crippen molar-refractivity contribution in [3.8, 4) is 11.5 Å². The highest BCUT2D eigenvalue weighted by atomic mass is 19.1. The molecule has 1 heterocycles. The molecule has 3 rings (SSSR count). The van der Waals surface area contributed by atoms with E-state index in [2.05, 4.69) is 10.3 Å². The molecule has 1 amide bonds. The van der Waals surface area contributed by atoms with E-state index < -0.39 is 0 Å². The number of hydrogen-bond donors (Lipinski definition) is 1. The van der Waals surface area contributed by atoms with Gasteiger partial charge in [0, 0.05) is 24.2 Å². The molecule has 0 aliphatic heterocycles. The number of hydrogen-bond acceptors (Lipinski definition) is 3. The fourth-order valence-corrected chi connectivity index (χ4v) is 3.26. The summed E-state index contributed by atoms with van der Waals surface area (Å²) < 4.78 is 20.1. The number of aromatic nitrogens is 1. The van der Waals surface area contributed by atoms with Crippen LogP contribution in [0.25, 0.3) is 0 Å². The lowest BCUT2D eigenvalue weighted by Crippen LogP contribution is -2.20. The molecule has 138 valence electrons. The predicted molar refractivity (Wildman–Crippen MR) is 100.0 cm³/mol. The van der Waals surface area contributed by atoms with Gasteiger partial charge < -0.3 is 10.1 Å². The van der Waals surface area contributed by atoms with Crippen molar-refractivity contribution in [1.82, 2.24) is 4.98 Å². The SMILES string of the molecule is CC(C)(C)c1ccc(Oc2ccnc(NC(=O)C3CCCC3)c2)cc1F. The van der Waals surface area contributed by atoms with Gasteiger partial charge in [-0.1, -0.05) is 39.7 Å². The van der Waals surface area contributed by atoms with Crippen LogP contribution in [0.4, 0.5) is 10.2 Å². The molecule has 1 aromatic carbocycles. The van der Waals surface area contributed by atoms with Crippen LogP contribution in [0.1, 0.15) is 52.0 Å². The molecular formula is C21H25FN2O2. The van der Waals surface area contributed by atoms with E-state index in [0.717, 1.165) is 25.7 Å². The number of anilines is 1. The van der Waals surface area contributed by atoms with E-state index in [1.165, 1.54) is 6.07 Å². The Morgan fingerprint density at radius 1 is 1.15 bits per heavy atom. The zero-order chi connectivity index (χ0) is 18.7. The molecule has 1 aliphatic carbocycles. The Kier molecular flexibility index (Phi) is 5.25. The number of carbonyl (C=O) groups excluding carboxylic acids is 1. The quantitative estimate of drug-likeness (QED) is 0.794. The van der Waals surface area contributed by atoms with Crippen LogP contribution in [0.2, 0.25) is 0 Å². The van der Waals surface area contributed by atoms with Crippen LogP contribution < -0.4 is 10.1 Å². The number of nitrogens with one attached hydrogen (secondary N) is 1. The summed E-state index contributed by atoms with van der Waals surface area (Å²) in [7, 11) is 0. The van der Waals surface area contributed by atoms with Gasteiger partial charge in [0.2, 0.25) is 5.91 Å². The first kappa shape index (κ1) is 18.4. The highest BCUT2D eigenvalue weighted by Gasteiger charge is 2.23. The van der Waals surface area contributed by atoms with Gasteiger partial charge in [-0.25, -0.2) is 9.37 Å². The van der Waals surface area contributed by atoms with Gasteiger partial charge in [-0.15, -0.1) is 0 Å². The normalized spacial score (nSPS) is 15.1. The fraction of sp³-hybridized carbons (Fsp3) is 0.429. The zero-order valence-corrected chi connectivity index (χ0v) is 15.5. The Morgan fingerprint density at radius 3 is 2.50 bits per heavy atom. The Balaban J connectivity index is 1.70. The lowest BCUT2D eigenvalue weighted by molar-refractivity contribution is -0.119. The monoisotopic (exact) mass is 356 g/mol. The van der Waals surface area contributed by atoms with Crippen LogP contribution in [-0.2, 0) is 10.2 Å². The zero-order valence-electron chi connectivity index (χ0n) is 15.5. The second kappa shape index (κ2) is 7.44. The summed E-state index contributed by atoms with van der Waals surface area (Å²) >= 11 is 0. The molecule has 1 saturated carbocycles. The molecular weight excluding hydrogens is 331 g/mol. The van der Waals surface area contributed by atoms with Crippen LogP contribution >= 0.6 is 0 Å². The first-order valence-corrected chi connectivity index (χ1v) is 9.08. The molecule has 0 saturated heterocycles. The van der Waals surface area contributed by atoms with E-state index in [1.807, 2.05) is 20.8 Å². The minimum atomic E-state index is -0.293. The second-order valence-electron chi connectivity index (χ2n) is 7.84. The summed E-state index contributed by atoms with van der Waals surface area (Å²) in [6.45, 7) is 5.90. The average molecular weight is 356 g/mol. The molecule has 1 aliphatic rings. The van der Waals surface area contributed by atoms with Crippen molar-refractivity contribution in [2.75, 3.05) is 5.32 Å². The van der Waals surface area contributed by atoms with Gasteiger partial charge in [0.05, 0.1) is 0 Å². The summed E-state index contributed by atoms with van der Waals surface area (Å²) in [5.74, 6) is 1.15. The molecule has 0 atom stereocenters. The number of nitrogens with zero attached hydrogens (tertiary/aromatic N) is 1. The van der Waals surface area contributed by atoms with Crippen LogP contribution in [0.15, 0.2) is 36.5 Å². The average Bonchev–Trinajstić information content (AvgIpc) is 3.08. The molecule has 1 N–H and O–H groups in total. The third-order valence-electron chi connectivity index (χ3n) is 4.69. The topological polar surface area (TPSA) is 51.2 Å². The smallest absolute Gasteiger partial charge is 0.228 e. The van der Waals surface area contributed by atoms with Crippen molar-refractivity contribution in [1.29, 1.82) is 0 Å². The Morgan fingerprint density at radius 2 is 1.85 bits per heavy atom. The number of carbonyl (C=O) groups is 1. The van der Waals surface area contributed by atoms with Crippen molar-refractivity contribution < 1.29 is 13.9 Å². The number of rotatable bonds is 4. The number of ether oxygens (including phenoxy) is 1. The van der Waals surface area contributed by atoms with Gasteiger partial charge in [0.15, 0.2) is 0 Å². The van der Waals surface area contributed by atoms with Crippen molar-refractivity contribution >= 4 is 11.7 Å². The standard InChI is InChI=1S/C21H25FN2O2/c1-21(2,3)17-9-8-15(12-18(17)22)26-16-10-11-23-19(13-16)24-20(25)14-6-4-5-7-14/h8-14H,4-7H2,1-3H3,(H,23,24,25). The minimum absolute atomic E-state index is 0.00715. The number of amides is 1.